The lowest BCUT2D eigenvalue weighted by Gasteiger charge is -2.46. The van der Waals surface area contributed by atoms with Crippen LogP contribution in [0.25, 0.3) is 0 Å². The lowest BCUT2D eigenvalue weighted by molar-refractivity contribution is -0.138. The number of benzene rings is 1. The van der Waals surface area contributed by atoms with Crippen molar-refractivity contribution in [3.63, 3.8) is 0 Å². The number of fused-ring (bicyclic) bond motifs is 1. The van der Waals surface area contributed by atoms with Crippen LogP contribution in [-0.4, -0.2) is 29.3 Å². The van der Waals surface area contributed by atoms with E-state index in [-0.39, 0.29) is 5.60 Å². The van der Waals surface area contributed by atoms with Crippen LogP contribution < -0.4 is 9.64 Å². The van der Waals surface area contributed by atoms with Gasteiger partial charge in [0.15, 0.2) is 0 Å². The molecule has 116 valence electrons. The Balaban J connectivity index is 2.52. The van der Waals surface area contributed by atoms with Crippen LogP contribution in [0, 0.1) is 0 Å². The highest BCUT2D eigenvalue weighted by atomic mass is 35.5. The molecular weight excluding hydrogens is 290 g/mol. The molecule has 1 atom stereocenters. The summed E-state index contributed by atoms with van der Waals surface area (Å²) in [5, 5.41) is 10.1. The van der Waals surface area contributed by atoms with E-state index in [0.717, 1.165) is 18.5 Å². The molecule has 1 aromatic rings. The van der Waals surface area contributed by atoms with Crippen LogP contribution in [0.1, 0.15) is 40.0 Å². The molecule has 1 aromatic carbocycles. The molecule has 21 heavy (non-hydrogen) atoms. The second-order valence-electron chi connectivity index (χ2n) is 5.49. The van der Waals surface area contributed by atoms with Crippen LogP contribution in [0.3, 0.4) is 0 Å². The third-order valence-electron chi connectivity index (χ3n) is 4.35. The highest BCUT2D eigenvalue weighted by Gasteiger charge is 2.40. The van der Waals surface area contributed by atoms with Gasteiger partial charge in [-0.05, 0) is 37.5 Å². The maximum Gasteiger partial charge on any atom is 0.326 e. The smallest absolute Gasteiger partial charge is 0.326 e. The zero-order valence-corrected chi connectivity index (χ0v) is 13.5. The fourth-order valence-corrected chi connectivity index (χ4v) is 3.05. The van der Waals surface area contributed by atoms with E-state index >= 15 is 0 Å². The number of halogens is 1. The van der Waals surface area contributed by atoms with Crippen molar-refractivity contribution in [2.45, 2.75) is 51.7 Å². The van der Waals surface area contributed by atoms with E-state index in [1.54, 1.807) is 12.1 Å². The molecule has 0 radical (unpaired) electrons. The van der Waals surface area contributed by atoms with E-state index in [4.69, 9.17) is 16.3 Å². The first-order chi connectivity index (χ1) is 9.96. The minimum Gasteiger partial charge on any atom is -0.483 e. The summed E-state index contributed by atoms with van der Waals surface area (Å²) in [5.41, 5.74) is 0.429. The molecule has 0 aliphatic carbocycles. The van der Waals surface area contributed by atoms with Crippen molar-refractivity contribution in [3.8, 4) is 5.75 Å². The van der Waals surface area contributed by atoms with Gasteiger partial charge in [0.2, 0.25) is 0 Å². The molecule has 1 N–H and O–H groups in total. The third kappa shape index (κ3) is 2.95. The van der Waals surface area contributed by atoms with Gasteiger partial charge in [-0.25, -0.2) is 4.79 Å². The van der Waals surface area contributed by atoms with Gasteiger partial charge in [-0.1, -0.05) is 32.4 Å². The number of nitrogens with zero attached hydrogens (tertiary/aromatic N) is 1. The third-order valence-corrected chi connectivity index (χ3v) is 4.59. The molecule has 2 rings (SSSR count). The largest absolute Gasteiger partial charge is 0.483 e. The molecular formula is C16H22ClNO3. The zero-order chi connectivity index (χ0) is 15.6. The first kappa shape index (κ1) is 16.0. The van der Waals surface area contributed by atoms with Crippen molar-refractivity contribution >= 4 is 23.3 Å². The number of rotatable bonds is 5. The van der Waals surface area contributed by atoms with Crippen molar-refractivity contribution in [2.75, 3.05) is 11.4 Å². The molecule has 0 amide bonds. The Morgan fingerprint density at radius 1 is 1.43 bits per heavy atom. The maximum atomic E-state index is 11.6. The van der Waals surface area contributed by atoms with E-state index in [0.29, 0.717) is 23.7 Å². The Morgan fingerprint density at radius 2 is 2.10 bits per heavy atom. The predicted octanol–water partition coefficient (Wildman–Crippen LogP) is 3.96. The Hall–Kier alpha value is -1.42. The van der Waals surface area contributed by atoms with Gasteiger partial charge in [-0.2, -0.15) is 0 Å². The predicted molar refractivity (Wildman–Crippen MR) is 84.5 cm³/mol. The molecule has 1 aliphatic rings. The van der Waals surface area contributed by atoms with E-state index in [2.05, 4.69) is 13.8 Å². The molecule has 1 heterocycles. The van der Waals surface area contributed by atoms with E-state index in [1.807, 2.05) is 17.9 Å². The molecule has 0 fully saturated rings. The van der Waals surface area contributed by atoms with Crippen LogP contribution in [0.4, 0.5) is 5.69 Å². The summed E-state index contributed by atoms with van der Waals surface area (Å²) in [6.45, 7) is 6.60. The molecule has 0 aromatic heterocycles. The highest BCUT2D eigenvalue weighted by Crippen LogP contribution is 2.42. The summed E-state index contributed by atoms with van der Waals surface area (Å²) in [6, 6.07) is 4.83. The summed E-state index contributed by atoms with van der Waals surface area (Å²) in [4.78, 5) is 13.5. The van der Waals surface area contributed by atoms with Gasteiger partial charge in [0.1, 0.15) is 17.4 Å². The standard InChI is InChI=1S/C16H22ClNO3/c1-4-12(15(19)20)18-10-16(5-2,6-3)21-14-8-7-11(17)9-13(14)18/h7-9,12H,4-6,10H2,1-3H3,(H,19,20). The SMILES string of the molecule is CCC(C(=O)O)N1CC(CC)(CC)Oc2ccc(Cl)cc21. The zero-order valence-electron chi connectivity index (χ0n) is 12.7. The molecule has 0 bridgehead atoms. The monoisotopic (exact) mass is 311 g/mol. The van der Waals surface area contributed by atoms with Crippen LogP contribution >= 0.6 is 11.6 Å². The average Bonchev–Trinajstić information content (AvgIpc) is 2.47. The number of anilines is 1. The Morgan fingerprint density at radius 3 is 2.62 bits per heavy atom. The molecule has 4 nitrogen and oxygen atoms in total. The minimum atomic E-state index is -0.813. The Labute approximate surface area is 130 Å². The lowest BCUT2D eigenvalue weighted by atomic mass is 9.92. The second-order valence-corrected chi connectivity index (χ2v) is 5.93. The number of carbonyl (C=O) groups is 1. The van der Waals surface area contributed by atoms with E-state index < -0.39 is 12.0 Å². The summed E-state index contributed by atoms with van der Waals surface area (Å²) in [5.74, 6) is -0.0968. The van der Waals surface area contributed by atoms with Gasteiger partial charge in [0.25, 0.3) is 0 Å². The average molecular weight is 312 g/mol. The number of hydrogen-bond acceptors (Lipinski definition) is 3. The normalized spacial score (nSPS) is 17.8. The quantitative estimate of drug-likeness (QED) is 0.894. The van der Waals surface area contributed by atoms with Crippen molar-refractivity contribution in [3.05, 3.63) is 23.2 Å². The lowest BCUT2D eigenvalue weighted by Crippen LogP contribution is -2.55. The minimum absolute atomic E-state index is 0.344. The fraction of sp³-hybridized carbons (Fsp3) is 0.562. The summed E-state index contributed by atoms with van der Waals surface area (Å²) in [6.07, 6.45) is 2.20. The fourth-order valence-electron chi connectivity index (χ4n) is 2.89. The van der Waals surface area contributed by atoms with Gasteiger partial charge >= 0.3 is 5.97 Å². The molecule has 5 heteroatoms. The van der Waals surface area contributed by atoms with Crippen LogP contribution in [0.15, 0.2) is 18.2 Å². The number of carboxylic acid groups (broad SMARTS) is 1. The molecule has 0 saturated heterocycles. The molecule has 1 unspecified atom stereocenters. The highest BCUT2D eigenvalue weighted by molar-refractivity contribution is 6.31. The van der Waals surface area contributed by atoms with Crippen LogP contribution in [0.5, 0.6) is 5.75 Å². The van der Waals surface area contributed by atoms with Gasteiger partial charge in [-0.3, -0.25) is 0 Å². The molecule has 1 aliphatic heterocycles. The Kier molecular flexibility index (Phi) is 4.67. The van der Waals surface area contributed by atoms with Crippen LogP contribution in [0.2, 0.25) is 5.02 Å². The van der Waals surface area contributed by atoms with E-state index in [9.17, 15) is 9.90 Å². The number of ether oxygens (including phenoxy) is 1. The number of carboxylic acids is 1. The van der Waals surface area contributed by atoms with Gasteiger partial charge in [0, 0.05) is 5.02 Å². The second kappa shape index (κ2) is 6.14. The summed E-state index contributed by atoms with van der Waals surface area (Å²) < 4.78 is 6.18. The Bertz CT molecular complexity index is 528. The number of aliphatic carboxylic acids is 1. The molecule has 0 spiro atoms. The molecule has 0 saturated carbocycles. The first-order valence-corrected chi connectivity index (χ1v) is 7.82. The van der Waals surface area contributed by atoms with Crippen molar-refractivity contribution in [1.82, 2.24) is 0 Å². The van der Waals surface area contributed by atoms with Crippen molar-refractivity contribution in [1.29, 1.82) is 0 Å². The van der Waals surface area contributed by atoms with Gasteiger partial charge in [0.05, 0.1) is 12.2 Å². The topological polar surface area (TPSA) is 49.8 Å². The van der Waals surface area contributed by atoms with E-state index in [1.165, 1.54) is 0 Å². The maximum absolute atomic E-state index is 11.6. The number of hydrogen-bond donors (Lipinski definition) is 1. The van der Waals surface area contributed by atoms with Crippen molar-refractivity contribution in [2.24, 2.45) is 0 Å². The van der Waals surface area contributed by atoms with Gasteiger partial charge < -0.3 is 14.7 Å². The van der Waals surface area contributed by atoms with Crippen molar-refractivity contribution < 1.29 is 14.6 Å². The summed E-state index contributed by atoms with van der Waals surface area (Å²) in [7, 11) is 0. The first-order valence-electron chi connectivity index (χ1n) is 7.44. The van der Waals surface area contributed by atoms with Gasteiger partial charge in [-0.15, -0.1) is 0 Å². The van der Waals surface area contributed by atoms with Crippen LogP contribution in [-0.2, 0) is 4.79 Å². The summed E-state index contributed by atoms with van der Waals surface area (Å²) >= 11 is 6.08.